The standard InChI is InChI=1S/C25H26N4O4/c30-23(18-7-9-19(10-8-18)27-24(31)22-6-5-17-33-22)26-20-11-13-21(14-12-20)28-25(32)29-15-3-1-2-4-16-29/h5-14,17H,1-4,15-16H2,(H,26,30)(H,27,31)(H,28,32). The first-order valence-electron chi connectivity index (χ1n) is 11.0. The highest BCUT2D eigenvalue weighted by Crippen LogP contribution is 2.18. The molecule has 1 saturated heterocycles. The lowest BCUT2D eigenvalue weighted by molar-refractivity contribution is 0.0995. The molecule has 1 aromatic heterocycles. The first-order chi connectivity index (χ1) is 16.1. The van der Waals surface area contributed by atoms with Gasteiger partial charge >= 0.3 is 6.03 Å². The number of benzene rings is 2. The molecule has 0 radical (unpaired) electrons. The minimum Gasteiger partial charge on any atom is -0.459 e. The largest absolute Gasteiger partial charge is 0.459 e. The van der Waals surface area contributed by atoms with Crippen LogP contribution in [0.3, 0.4) is 0 Å². The third-order valence-corrected chi connectivity index (χ3v) is 5.44. The maximum absolute atomic E-state index is 12.5. The van der Waals surface area contributed by atoms with E-state index in [2.05, 4.69) is 16.0 Å². The average Bonchev–Trinajstić information content (AvgIpc) is 3.23. The molecular weight excluding hydrogens is 420 g/mol. The number of amides is 4. The van der Waals surface area contributed by atoms with E-state index >= 15 is 0 Å². The van der Waals surface area contributed by atoms with Crippen LogP contribution < -0.4 is 16.0 Å². The van der Waals surface area contributed by atoms with Gasteiger partial charge in [0, 0.05) is 35.7 Å². The van der Waals surface area contributed by atoms with Crippen LogP contribution in [-0.4, -0.2) is 35.8 Å². The zero-order valence-corrected chi connectivity index (χ0v) is 18.2. The van der Waals surface area contributed by atoms with Gasteiger partial charge in [0.25, 0.3) is 11.8 Å². The molecule has 170 valence electrons. The van der Waals surface area contributed by atoms with Gasteiger partial charge in [-0.15, -0.1) is 0 Å². The van der Waals surface area contributed by atoms with Crippen LogP contribution in [0.4, 0.5) is 21.9 Å². The van der Waals surface area contributed by atoms with E-state index in [1.54, 1.807) is 60.7 Å². The van der Waals surface area contributed by atoms with Gasteiger partial charge in [-0.25, -0.2) is 4.79 Å². The van der Waals surface area contributed by atoms with E-state index in [1.165, 1.54) is 19.1 Å². The van der Waals surface area contributed by atoms with Crippen LogP contribution in [0.15, 0.2) is 71.3 Å². The molecule has 3 N–H and O–H groups in total. The first-order valence-corrected chi connectivity index (χ1v) is 11.0. The maximum Gasteiger partial charge on any atom is 0.321 e. The molecule has 1 aliphatic heterocycles. The highest BCUT2D eigenvalue weighted by Gasteiger charge is 2.15. The molecule has 33 heavy (non-hydrogen) atoms. The number of anilines is 3. The number of urea groups is 1. The minimum absolute atomic E-state index is 0.0899. The molecule has 0 saturated carbocycles. The summed E-state index contributed by atoms with van der Waals surface area (Å²) in [5.74, 6) is -0.427. The van der Waals surface area contributed by atoms with Gasteiger partial charge in [0.05, 0.1) is 6.26 Å². The Balaban J connectivity index is 1.30. The van der Waals surface area contributed by atoms with E-state index in [0.29, 0.717) is 22.6 Å². The zero-order chi connectivity index (χ0) is 23.0. The summed E-state index contributed by atoms with van der Waals surface area (Å²) in [7, 11) is 0. The molecule has 2 heterocycles. The Kier molecular flexibility index (Phi) is 7.04. The molecule has 0 aliphatic carbocycles. The van der Waals surface area contributed by atoms with E-state index < -0.39 is 0 Å². The molecule has 8 nitrogen and oxygen atoms in total. The van der Waals surface area contributed by atoms with E-state index in [4.69, 9.17) is 4.42 Å². The van der Waals surface area contributed by atoms with Crippen molar-refractivity contribution in [3.05, 3.63) is 78.3 Å². The Morgan fingerprint density at radius 3 is 1.79 bits per heavy atom. The molecule has 4 rings (SSSR count). The van der Waals surface area contributed by atoms with Gasteiger partial charge in [-0.3, -0.25) is 9.59 Å². The fraction of sp³-hybridized carbons (Fsp3) is 0.240. The molecule has 0 spiro atoms. The Morgan fingerprint density at radius 2 is 1.21 bits per heavy atom. The van der Waals surface area contributed by atoms with Gasteiger partial charge in [0.1, 0.15) is 0 Å². The third-order valence-electron chi connectivity index (χ3n) is 5.44. The summed E-state index contributed by atoms with van der Waals surface area (Å²) in [6.45, 7) is 1.57. The van der Waals surface area contributed by atoms with E-state index in [0.717, 1.165) is 25.9 Å². The van der Waals surface area contributed by atoms with Gasteiger partial charge in [0.15, 0.2) is 5.76 Å². The number of nitrogens with zero attached hydrogens (tertiary/aromatic N) is 1. The summed E-state index contributed by atoms with van der Waals surface area (Å²) < 4.78 is 5.06. The lowest BCUT2D eigenvalue weighted by Crippen LogP contribution is -2.35. The second kappa shape index (κ2) is 10.5. The van der Waals surface area contributed by atoms with Gasteiger partial charge in [-0.1, -0.05) is 12.8 Å². The van der Waals surface area contributed by atoms with Crippen molar-refractivity contribution in [2.45, 2.75) is 25.7 Å². The van der Waals surface area contributed by atoms with Gasteiger partial charge in [-0.2, -0.15) is 0 Å². The zero-order valence-electron chi connectivity index (χ0n) is 18.2. The fourth-order valence-corrected chi connectivity index (χ4v) is 3.62. The van der Waals surface area contributed by atoms with Crippen molar-refractivity contribution in [3.8, 4) is 0 Å². The van der Waals surface area contributed by atoms with Crippen molar-refractivity contribution in [2.75, 3.05) is 29.0 Å². The predicted octanol–water partition coefficient (Wildman–Crippen LogP) is 5.19. The van der Waals surface area contributed by atoms with Gasteiger partial charge < -0.3 is 25.3 Å². The molecule has 0 atom stereocenters. The smallest absolute Gasteiger partial charge is 0.321 e. The third kappa shape index (κ3) is 6.00. The van der Waals surface area contributed by atoms with Crippen LogP contribution in [0.1, 0.15) is 46.6 Å². The van der Waals surface area contributed by atoms with E-state index in [1.807, 2.05) is 4.90 Å². The average molecular weight is 447 g/mol. The second-order valence-corrected chi connectivity index (χ2v) is 7.87. The van der Waals surface area contributed by atoms with Crippen LogP contribution in [0.2, 0.25) is 0 Å². The first kappa shape index (κ1) is 22.1. The van der Waals surface area contributed by atoms with Crippen LogP contribution in [0.5, 0.6) is 0 Å². The lowest BCUT2D eigenvalue weighted by atomic mass is 10.2. The Labute approximate surface area is 192 Å². The van der Waals surface area contributed by atoms with Gasteiger partial charge in [0.2, 0.25) is 0 Å². The second-order valence-electron chi connectivity index (χ2n) is 7.87. The number of nitrogens with one attached hydrogen (secondary N) is 3. The molecule has 1 aliphatic rings. The number of hydrogen-bond acceptors (Lipinski definition) is 4. The number of carbonyl (C=O) groups is 3. The van der Waals surface area contributed by atoms with Crippen molar-refractivity contribution in [3.63, 3.8) is 0 Å². The molecular formula is C25H26N4O4. The summed E-state index contributed by atoms with van der Waals surface area (Å²) in [5, 5.41) is 8.45. The summed E-state index contributed by atoms with van der Waals surface area (Å²) >= 11 is 0. The molecule has 1 fully saturated rings. The monoisotopic (exact) mass is 446 g/mol. The van der Waals surface area contributed by atoms with Crippen molar-refractivity contribution in [1.29, 1.82) is 0 Å². The van der Waals surface area contributed by atoms with Crippen molar-refractivity contribution in [2.24, 2.45) is 0 Å². The highest BCUT2D eigenvalue weighted by atomic mass is 16.3. The number of rotatable bonds is 5. The molecule has 8 heteroatoms. The lowest BCUT2D eigenvalue weighted by Gasteiger charge is -2.20. The summed E-state index contributed by atoms with van der Waals surface area (Å²) in [6.07, 6.45) is 5.84. The van der Waals surface area contributed by atoms with Crippen molar-refractivity contribution in [1.82, 2.24) is 4.90 Å². The SMILES string of the molecule is O=C(Nc1ccc(NC(=O)N2CCCCCC2)cc1)c1ccc(NC(=O)c2ccco2)cc1. The molecule has 3 aromatic rings. The van der Waals surface area contributed by atoms with Gasteiger partial charge in [-0.05, 0) is 73.5 Å². The number of carbonyl (C=O) groups excluding carboxylic acids is 3. The van der Waals surface area contributed by atoms with E-state index in [-0.39, 0.29) is 23.6 Å². The highest BCUT2D eigenvalue weighted by molar-refractivity contribution is 6.05. The number of furan rings is 1. The summed E-state index contributed by atoms with van der Waals surface area (Å²) in [6, 6.07) is 16.7. The van der Waals surface area contributed by atoms with Crippen LogP contribution >= 0.6 is 0 Å². The summed E-state index contributed by atoms with van der Waals surface area (Å²) in [4.78, 5) is 38.9. The van der Waals surface area contributed by atoms with Crippen molar-refractivity contribution >= 4 is 34.9 Å². The van der Waals surface area contributed by atoms with Crippen LogP contribution in [0, 0.1) is 0 Å². The number of likely N-dealkylation sites (tertiary alicyclic amines) is 1. The van der Waals surface area contributed by atoms with Crippen LogP contribution in [-0.2, 0) is 0 Å². The van der Waals surface area contributed by atoms with Crippen molar-refractivity contribution < 1.29 is 18.8 Å². The Hall–Kier alpha value is -4.07. The maximum atomic E-state index is 12.5. The Morgan fingerprint density at radius 1 is 0.667 bits per heavy atom. The molecule has 4 amide bonds. The minimum atomic E-state index is -0.361. The summed E-state index contributed by atoms with van der Waals surface area (Å²) in [5.41, 5.74) is 2.30. The number of hydrogen-bond donors (Lipinski definition) is 3. The van der Waals surface area contributed by atoms with E-state index in [9.17, 15) is 14.4 Å². The fourth-order valence-electron chi connectivity index (χ4n) is 3.62. The molecule has 2 aromatic carbocycles. The quantitative estimate of drug-likeness (QED) is 0.502. The predicted molar refractivity (Wildman–Crippen MR) is 127 cm³/mol. The topological polar surface area (TPSA) is 104 Å². The normalized spacial score (nSPS) is 13.6. The Bertz CT molecular complexity index is 1080. The molecule has 0 bridgehead atoms. The van der Waals surface area contributed by atoms with Crippen LogP contribution in [0.25, 0.3) is 0 Å². The molecule has 0 unspecified atom stereocenters.